The molecular weight excluding hydrogens is 188 g/mol. The molecular formula is C13H14O2. The van der Waals surface area contributed by atoms with Crippen LogP contribution in [0.3, 0.4) is 0 Å². The Morgan fingerprint density at radius 3 is 2.93 bits per heavy atom. The van der Waals surface area contributed by atoms with Gasteiger partial charge in [0.15, 0.2) is 0 Å². The molecule has 1 fully saturated rings. The minimum absolute atomic E-state index is 0.225. The Labute approximate surface area is 89.6 Å². The van der Waals surface area contributed by atoms with Crippen molar-refractivity contribution in [2.24, 2.45) is 5.92 Å². The number of hydrogen-bond donors (Lipinski definition) is 0. The van der Waals surface area contributed by atoms with Crippen LogP contribution in [0.25, 0.3) is 0 Å². The normalized spacial score (nSPS) is 28.7. The molecule has 2 nitrogen and oxygen atoms in total. The van der Waals surface area contributed by atoms with Gasteiger partial charge < -0.3 is 4.74 Å². The van der Waals surface area contributed by atoms with Gasteiger partial charge in [-0.15, -0.1) is 0 Å². The first kappa shape index (κ1) is 9.97. The Bertz CT molecular complexity index is 399. The fraction of sp³-hybridized carbons (Fsp3) is 0.308. The molecule has 0 bridgehead atoms. The maximum Gasteiger partial charge on any atom is 0.303 e. The summed E-state index contributed by atoms with van der Waals surface area (Å²) in [5, 5.41) is 0. The largest absolute Gasteiger partial charge is 0.457 e. The summed E-state index contributed by atoms with van der Waals surface area (Å²) in [6.45, 7) is 9.44. The van der Waals surface area contributed by atoms with Crippen molar-refractivity contribution in [3.05, 3.63) is 48.1 Å². The molecule has 0 saturated heterocycles. The van der Waals surface area contributed by atoms with Gasteiger partial charge in [-0.3, -0.25) is 4.79 Å². The monoisotopic (exact) mass is 202 g/mol. The van der Waals surface area contributed by atoms with Gasteiger partial charge in [0.25, 0.3) is 0 Å². The van der Waals surface area contributed by atoms with E-state index in [1.807, 2.05) is 12.2 Å². The number of rotatable bonds is 1. The molecule has 0 heterocycles. The Morgan fingerprint density at radius 1 is 1.53 bits per heavy atom. The van der Waals surface area contributed by atoms with Gasteiger partial charge in [0.1, 0.15) is 6.10 Å². The number of carbonyl (C=O) groups excluding carboxylic acids is 1. The fourth-order valence-electron chi connectivity index (χ4n) is 2.13. The van der Waals surface area contributed by atoms with Crippen molar-refractivity contribution in [3.8, 4) is 0 Å². The smallest absolute Gasteiger partial charge is 0.303 e. The second-order valence-corrected chi connectivity index (χ2v) is 3.97. The van der Waals surface area contributed by atoms with Gasteiger partial charge in [-0.2, -0.15) is 0 Å². The molecule has 2 heteroatoms. The molecule has 0 aromatic heterocycles. The van der Waals surface area contributed by atoms with Crippen molar-refractivity contribution >= 4 is 5.97 Å². The number of carbonyl (C=O) groups is 1. The predicted octanol–water partition coefficient (Wildman–Crippen LogP) is 2.55. The lowest BCUT2D eigenvalue weighted by atomic mass is 9.78. The van der Waals surface area contributed by atoms with Crippen LogP contribution in [0.4, 0.5) is 0 Å². The summed E-state index contributed by atoms with van der Waals surface area (Å²) in [5.41, 5.74) is 3.14. The van der Waals surface area contributed by atoms with Crippen molar-refractivity contribution in [2.45, 2.75) is 19.4 Å². The molecule has 2 aliphatic carbocycles. The van der Waals surface area contributed by atoms with Crippen LogP contribution in [0.15, 0.2) is 48.1 Å². The Balaban J connectivity index is 2.22. The van der Waals surface area contributed by atoms with Gasteiger partial charge in [-0.25, -0.2) is 0 Å². The molecule has 0 spiro atoms. The van der Waals surface area contributed by atoms with Crippen LogP contribution in [0.5, 0.6) is 0 Å². The first-order valence-corrected chi connectivity index (χ1v) is 5.02. The van der Waals surface area contributed by atoms with Crippen LogP contribution in [-0.4, -0.2) is 12.1 Å². The highest BCUT2D eigenvalue weighted by molar-refractivity contribution is 5.67. The molecule has 2 rings (SSSR count). The van der Waals surface area contributed by atoms with E-state index in [1.165, 1.54) is 6.92 Å². The van der Waals surface area contributed by atoms with Crippen LogP contribution < -0.4 is 0 Å². The number of hydrogen-bond acceptors (Lipinski definition) is 2. The highest BCUT2D eigenvalue weighted by Crippen LogP contribution is 2.40. The average molecular weight is 202 g/mol. The lowest BCUT2D eigenvalue weighted by Crippen LogP contribution is -2.27. The van der Waals surface area contributed by atoms with E-state index in [1.54, 1.807) is 0 Å². The Hall–Kier alpha value is -1.57. The van der Waals surface area contributed by atoms with Gasteiger partial charge in [0.05, 0.1) is 0 Å². The molecule has 0 aromatic carbocycles. The van der Waals surface area contributed by atoms with E-state index < -0.39 is 0 Å². The van der Waals surface area contributed by atoms with Gasteiger partial charge in [-0.05, 0) is 11.1 Å². The van der Waals surface area contributed by atoms with Crippen molar-refractivity contribution in [1.82, 2.24) is 0 Å². The zero-order valence-electron chi connectivity index (χ0n) is 8.82. The summed E-state index contributed by atoms with van der Waals surface area (Å²) in [6.07, 6.45) is 6.59. The van der Waals surface area contributed by atoms with E-state index >= 15 is 0 Å². The van der Waals surface area contributed by atoms with Crippen LogP contribution in [0, 0.1) is 5.92 Å². The highest BCUT2D eigenvalue weighted by atomic mass is 16.5. The Kier molecular flexibility index (Phi) is 2.35. The SMILES string of the molecule is C=C1C2=CC=CC2C(=C)CC1OC(C)=O. The van der Waals surface area contributed by atoms with E-state index in [0.29, 0.717) is 6.42 Å². The first-order chi connectivity index (χ1) is 7.09. The fourth-order valence-corrected chi connectivity index (χ4v) is 2.13. The third-order valence-corrected chi connectivity index (χ3v) is 2.87. The molecule has 0 aliphatic heterocycles. The quantitative estimate of drug-likeness (QED) is 0.482. The average Bonchev–Trinajstić information content (AvgIpc) is 2.61. The summed E-state index contributed by atoms with van der Waals surface area (Å²) in [7, 11) is 0. The summed E-state index contributed by atoms with van der Waals surface area (Å²) >= 11 is 0. The predicted molar refractivity (Wildman–Crippen MR) is 59.2 cm³/mol. The maximum atomic E-state index is 10.9. The molecule has 1 saturated carbocycles. The molecule has 0 amide bonds. The minimum atomic E-state index is -0.265. The van der Waals surface area contributed by atoms with E-state index in [-0.39, 0.29) is 18.0 Å². The molecule has 15 heavy (non-hydrogen) atoms. The van der Waals surface area contributed by atoms with Crippen molar-refractivity contribution in [2.75, 3.05) is 0 Å². The second kappa shape index (κ2) is 3.54. The third-order valence-electron chi connectivity index (χ3n) is 2.87. The maximum absolute atomic E-state index is 10.9. The van der Waals surface area contributed by atoms with Crippen LogP contribution in [-0.2, 0) is 9.53 Å². The molecule has 2 aliphatic rings. The van der Waals surface area contributed by atoms with Crippen molar-refractivity contribution in [1.29, 1.82) is 0 Å². The number of ether oxygens (including phenoxy) is 1. The lowest BCUT2D eigenvalue weighted by molar-refractivity contribution is -0.144. The van der Waals surface area contributed by atoms with E-state index in [4.69, 9.17) is 4.74 Å². The van der Waals surface area contributed by atoms with Gasteiger partial charge in [0, 0.05) is 19.3 Å². The second-order valence-electron chi connectivity index (χ2n) is 3.97. The standard InChI is InChI=1S/C13H14O2/c1-8-7-13(15-10(3)14)9(2)12-6-4-5-11(8)12/h4-6,11,13H,1-2,7H2,3H3. The zero-order chi connectivity index (χ0) is 11.0. The minimum Gasteiger partial charge on any atom is -0.457 e. The van der Waals surface area contributed by atoms with Gasteiger partial charge in [-0.1, -0.05) is 37.0 Å². The van der Waals surface area contributed by atoms with Gasteiger partial charge >= 0.3 is 5.97 Å². The van der Waals surface area contributed by atoms with Crippen molar-refractivity contribution < 1.29 is 9.53 Å². The summed E-state index contributed by atoms with van der Waals surface area (Å²) in [5.74, 6) is 0.0169. The summed E-state index contributed by atoms with van der Waals surface area (Å²) < 4.78 is 5.21. The zero-order valence-corrected chi connectivity index (χ0v) is 8.82. The summed E-state index contributed by atoms with van der Waals surface area (Å²) in [4.78, 5) is 10.9. The number of allylic oxidation sites excluding steroid dienone is 3. The van der Waals surface area contributed by atoms with Crippen LogP contribution in [0.2, 0.25) is 0 Å². The highest BCUT2D eigenvalue weighted by Gasteiger charge is 2.32. The molecule has 2 unspecified atom stereocenters. The Morgan fingerprint density at radius 2 is 2.27 bits per heavy atom. The summed E-state index contributed by atoms with van der Waals surface area (Å²) in [6, 6.07) is 0. The molecule has 0 radical (unpaired) electrons. The molecule has 78 valence electrons. The van der Waals surface area contributed by atoms with Crippen LogP contribution >= 0.6 is 0 Å². The molecule has 0 aromatic rings. The first-order valence-electron chi connectivity index (χ1n) is 5.02. The van der Waals surface area contributed by atoms with E-state index in [9.17, 15) is 4.79 Å². The number of esters is 1. The number of fused-ring (bicyclic) bond motifs is 1. The topological polar surface area (TPSA) is 26.3 Å². The van der Waals surface area contributed by atoms with Crippen molar-refractivity contribution in [3.63, 3.8) is 0 Å². The molecule has 0 N–H and O–H groups in total. The van der Waals surface area contributed by atoms with E-state index in [2.05, 4.69) is 19.2 Å². The third kappa shape index (κ3) is 1.67. The van der Waals surface area contributed by atoms with Gasteiger partial charge in [0.2, 0.25) is 0 Å². The van der Waals surface area contributed by atoms with E-state index in [0.717, 1.165) is 16.7 Å². The lowest BCUT2D eigenvalue weighted by Gasteiger charge is -2.31. The van der Waals surface area contributed by atoms with Crippen LogP contribution in [0.1, 0.15) is 13.3 Å². The molecule has 2 atom stereocenters.